The molecule has 5 heteroatoms. The number of halogens is 1. The van der Waals surface area contributed by atoms with Gasteiger partial charge in [-0.15, -0.1) is 22.7 Å². The number of nitrogens with zero attached hydrogens (tertiary/aromatic N) is 2. The second kappa shape index (κ2) is 4.75. The van der Waals surface area contributed by atoms with Crippen LogP contribution in [0.4, 0.5) is 0 Å². The van der Waals surface area contributed by atoms with Crippen molar-refractivity contribution in [2.45, 2.75) is 6.92 Å². The lowest BCUT2D eigenvalue weighted by atomic mass is 10.2. The fourth-order valence-electron chi connectivity index (χ4n) is 2.20. The summed E-state index contributed by atoms with van der Waals surface area (Å²) in [5.74, 6) is 0. The molecule has 0 N–H and O–H groups in total. The van der Waals surface area contributed by atoms with Crippen LogP contribution in [0, 0.1) is 10.5 Å². The summed E-state index contributed by atoms with van der Waals surface area (Å²) < 4.78 is 3.72. The van der Waals surface area contributed by atoms with Gasteiger partial charge in [0.2, 0.25) is 0 Å². The number of hydrogen-bond donors (Lipinski definition) is 0. The van der Waals surface area contributed by atoms with Crippen molar-refractivity contribution >= 4 is 65.7 Å². The number of aromatic nitrogens is 2. The largest absolute Gasteiger partial charge is 0.241 e. The summed E-state index contributed by atoms with van der Waals surface area (Å²) in [5.41, 5.74) is 3.29. The molecule has 0 saturated heterocycles. The molecule has 20 heavy (non-hydrogen) atoms. The van der Waals surface area contributed by atoms with E-state index in [1.54, 1.807) is 22.7 Å². The summed E-state index contributed by atoms with van der Waals surface area (Å²) >= 11 is 5.81. The fraction of sp³-hybridized carbons (Fsp3) is 0.0667. The zero-order valence-corrected chi connectivity index (χ0v) is 14.3. The quantitative estimate of drug-likeness (QED) is 0.390. The van der Waals surface area contributed by atoms with Crippen LogP contribution in [0.2, 0.25) is 0 Å². The molecule has 0 aliphatic heterocycles. The minimum atomic E-state index is 1.06. The highest BCUT2D eigenvalue weighted by molar-refractivity contribution is 14.1. The Kier molecular flexibility index (Phi) is 3.01. The molecule has 4 aromatic rings. The Labute approximate surface area is 137 Å². The van der Waals surface area contributed by atoms with E-state index in [0.29, 0.717) is 0 Å². The van der Waals surface area contributed by atoms with Crippen molar-refractivity contribution in [1.82, 2.24) is 9.97 Å². The minimum absolute atomic E-state index is 1.06. The van der Waals surface area contributed by atoms with Gasteiger partial charge in [-0.3, -0.25) is 0 Å². The monoisotopic (exact) mass is 408 g/mol. The molecular weight excluding hydrogens is 399 g/mol. The zero-order chi connectivity index (χ0) is 13.7. The number of rotatable bonds is 1. The average molecular weight is 408 g/mol. The van der Waals surface area contributed by atoms with Gasteiger partial charge in [0.25, 0.3) is 0 Å². The highest BCUT2D eigenvalue weighted by Gasteiger charge is 2.08. The van der Waals surface area contributed by atoms with Crippen LogP contribution in [0.15, 0.2) is 36.4 Å². The molecule has 0 saturated carbocycles. The predicted molar refractivity (Wildman–Crippen MR) is 95.7 cm³/mol. The van der Waals surface area contributed by atoms with E-state index in [9.17, 15) is 0 Å². The van der Waals surface area contributed by atoms with Crippen LogP contribution in [0.5, 0.6) is 0 Å². The van der Waals surface area contributed by atoms with Crippen LogP contribution in [0.3, 0.4) is 0 Å². The number of hydrogen-bond acceptors (Lipinski definition) is 4. The van der Waals surface area contributed by atoms with Crippen LogP contribution in [-0.2, 0) is 0 Å². The molecule has 2 aromatic carbocycles. The van der Waals surface area contributed by atoms with E-state index in [1.165, 1.54) is 13.0 Å². The lowest BCUT2D eigenvalue weighted by Crippen LogP contribution is -1.76. The molecule has 0 spiro atoms. The first kappa shape index (κ1) is 12.7. The van der Waals surface area contributed by atoms with E-state index < -0.39 is 0 Å². The Morgan fingerprint density at radius 1 is 0.900 bits per heavy atom. The molecule has 0 amide bonds. The summed E-state index contributed by atoms with van der Waals surface area (Å²) in [5, 5.41) is 2.17. The third kappa shape index (κ3) is 2.13. The number of fused-ring (bicyclic) bond motifs is 2. The molecule has 2 aromatic heterocycles. The van der Waals surface area contributed by atoms with Gasteiger partial charge in [-0.1, -0.05) is 6.07 Å². The van der Waals surface area contributed by atoms with Crippen molar-refractivity contribution < 1.29 is 0 Å². The van der Waals surface area contributed by atoms with Crippen LogP contribution in [-0.4, -0.2) is 9.97 Å². The van der Waals surface area contributed by atoms with E-state index >= 15 is 0 Å². The summed E-state index contributed by atoms with van der Waals surface area (Å²) in [6.45, 7) is 2.05. The molecule has 98 valence electrons. The van der Waals surface area contributed by atoms with Crippen LogP contribution >= 0.6 is 45.3 Å². The Balaban J connectivity index is 1.90. The molecule has 0 aliphatic carbocycles. The van der Waals surface area contributed by atoms with Crippen molar-refractivity contribution in [3.63, 3.8) is 0 Å². The van der Waals surface area contributed by atoms with Crippen LogP contribution in [0.1, 0.15) is 5.01 Å². The topological polar surface area (TPSA) is 25.8 Å². The maximum Gasteiger partial charge on any atom is 0.124 e. The molecule has 2 heterocycles. The minimum Gasteiger partial charge on any atom is -0.241 e. The third-order valence-electron chi connectivity index (χ3n) is 3.09. The maximum absolute atomic E-state index is 4.73. The first-order valence-corrected chi connectivity index (χ1v) is 8.84. The van der Waals surface area contributed by atoms with E-state index in [-0.39, 0.29) is 0 Å². The van der Waals surface area contributed by atoms with Gasteiger partial charge in [0.05, 0.1) is 25.4 Å². The van der Waals surface area contributed by atoms with Crippen molar-refractivity contribution in [2.75, 3.05) is 0 Å². The molecule has 0 fully saturated rings. The Morgan fingerprint density at radius 2 is 1.80 bits per heavy atom. The van der Waals surface area contributed by atoms with Gasteiger partial charge in [-0.05, 0) is 59.8 Å². The van der Waals surface area contributed by atoms with Crippen molar-refractivity contribution in [3.05, 3.63) is 45.0 Å². The van der Waals surface area contributed by atoms with Gasteiger partial charge in [0, 0.05) is 9.13 Å². The molecule has 0 unspecified atom stereocenters. The molecule has 0 atom stereocenters. The molecule has 4 rings (SSSR count). The van der Waals surface area contributed by atoms with Gasteiger partial charge in [-0.25, -0.2) is 9.97 Å². The number of thiazole rings is 2. The van der Waals surface area contributed by atoms with E-state index in [4.69, 9.17) is 4.98 Å². The zero-order valence-electron chi connectivity index (χ0n) is 10.6. The predicted octanol–water partition coefficient (Wildman–Crippen LogP) is 5.49. The van der Waals surface area contributed by atoms with Crippen LogP contribution < -0.4 is 0 Å². The normalized spacial score (nSPS) is 11.5. The second-order valence-corrected chi connectivity index (χ2v) is 8.06. The number of benzene rings is 2. The summed E-state index contributed by atoms with van der Waals surface area (Å²) in [4.78, 5) is 9.29. The highest BCUT2D eigenvalue weighted by Crippen LogP contribution is 2.33. The first-order chi connectivity index (χ1) is 9.69. The smallest absolute Gasteiger partial charge is 0.124 e. The van der Waals surface area contributed by atoms with E-state index in [0.717, 1.165) is 26.6 Å². The molecule has 0 bridgehead atoms. The van der Waals surface area contributed by atoms with Gasteiger partial charge in [0.1, 0.15) is 5.01 Å². The Hall–Kier alpha value is -1.05. The standard InChI is InChI=1S/C15H9IN2S2/c1-8-17-12-6-9(2-5-13(12)19-8)15-18-11-4-3-10(16)7-14(11)20-15/h2-7H,1H3. The fourth-order valence-corrected chi connectivity index (χ4v) is 4.71. The Bertz CT molecular complexity index is 940. The summed E-state index contributed by atoms with van der Waals surface area (Å²) in [6, 6.07) is 12.8. The molecule has 2 nitrogen and oxygen atoms in total. The SMILES string of the molecule is Cc1nc2cc(-c3nc4ccc(I)cc4s3)ccc2s1. The molecular formula is C15H9IN2S2. The van der Waals surface area contributed by atoms with E-state index in [2.05, 4.69) is 64.0 Å². The van der Waals surface area contributed by atoms with E-state index in [1.807, 2.05) is 6.92 Å². The maximum atomic E-state index is 4.73. The molecule has 0 aliphatic rings. The van der Waals surface area contributed by atoms with Gasteiger partial charge in [-0.2, -0.15) is 0 Å². The Morgan fingerprint density at radius 3 is 2.70 bits per heavy atom. The third-order valence-corrected chi connectivity index (χ3v) is 5.78. The van der Waals surface area contributed by atoms with Crippen molar-refractivity contribution in [2.24, 2.45) is 0 Å². The van der Waals surface area contributed by atoms with Crippen molar-refractivity contribution in [3.8, 4) is 10.6 Å². The first-order valence-electron chi connectivity index (χ1n) is 6.13. The van der Waals surface area contributed by atoms with Gasteiger partial charge in [0.15, 0.2) is 0 Å². The average Bonchev–Trinajstić information content (AvgIpc) is 2.99. The lowest BCUT2D eigenvalue weighted by molar-refractivity contribution is 1.35. The summed E-state index contributed by atoms with van der Waals surface area (Å²) in [6.07, 6.45) is 0. The summed E-state index contributed by atoms with van der Waals surface area (Å²) in [7, 11) is 0. The number of aryl methyl sites for hydroxylation is 1. The van der Waals surface area contributed by atoms with Gasteiger partial charge >= 0.3 is 0 Å². The molecule has 0 radical (unpaired) electrons. The highest BCUT2D eigenvalue weighted by atomic mass is 127. The second-order valence-electron chi connectivity index (χ2n) is 4.55. The van der Waals surface area contributed by atoms with Gasteiger partial charge < -0.3 is 0 Å². The lowest BCUT2D eigenvalue weighted by Gasteiger charge is -1.95. The van der Waals surface area contributed by atoms with Crippen molar-refractivity contribution in [1.29, 1.82) is 0 Å². The van der Waals surface area contributed by atoms with Crippen LogP contribution in [0.25, 0.3) is 31.0 Å².